The number of hydrogen-bond acceptors (Lipinski definition) is 8. The normalized spacial score (nSPS) is 28.9. The maximum atomic E-state index is 14.2. The quantitative estimate of drug-likeness (QED) is 0.328. The standard InChI is InChI=1S/C36H49N5O8S/c1-3-5-14-29-33(44)41-21-26(18-30(41)32(43)38-36(19-25(36)4-2)34(45)39-50(47,48)27-16-17-27)49-35(46)40-20-24-13-10-12-23(28(24)22-40)11-8-6-7-9-15-31(42)37-29/h4,10,12-13,25-27,29-30H,2-3,5-9,11,14-22H2,1H3,(H,37,42)(H,38,43)(H,39,45)/t25-,26-,29+,30+,36+/m1/s1. The van der Waals surface area contributed by atoms with E-state index >= 15 is 0 Å². The molecule has 2 aliphatic carbocycles. The van der Waals surface area contributed by atoms with Gasteiger partial charge in [-0.1, -0.05) is 56.9 Å². The minimum Gasteiger partial charge on any atom is -0.444 e. The van der Waals surface area contributed by atoms with E-state index in [0.717, 1.165) is 43.2 Å². The largest absolute Gasteiger partial charge is 0.444 e. The number of ether oxygens (including phenoxy) is 1. The van der Waals surface area contributed by atoms with Gasteiger partial charge in [-0.05, 0) is 61.6 Å². The zero-order valence-electron chi connectivity index (χ0n) is 28.8. The van der Waals surface area contributed by atoms with Gasteiger partial charge < -0.3 is 20.3 Å². The topological polar surface area (TPSA) is 171 Å². The van der Waals surface area contributed by atoms with E-state index in [-0.39, 0.29) is 31.7 Å². The van der Waals surface area contributed by atoms with Crippen molar-refractivity contribution in [3.05, 3.63) is 47.5 Å². The van der Waals surface area contributed by atoms with Gasteiger partial charge in [-0.2, -0.15) is 0 Å². The Morgan fingerprint density at radius 1 is 1.08 bits per heavy atom. The smallest absolute Gasteiger partial charge is 0.410 e. The van der Waals surface area contributed by atoms with Crippen LogP contribution in [0.15, 0.2) is 30.9 Å². The predicted molar refractivity (Wildman–Crippen MR) is 184 cm³/mol. The van der Waals surface area contributed by atoms with Crippen molar-refractivity contribution in [2.24, 2.45) is 5.92 Å². The lowest BCUT2D eigenvalue weighted by molar-refractivity contribution is -0.142. The van der Waals surface area contributed by atoms with Gasteiger partial charge in [0, 0.05) is 31.8 Å². The van der Waals surface area contributed by atoms with Crippen molar-refractivity contribution in [2.75, 3.05) is 6.54 Å². The Morgan fingerprint density at radius 2 is 1.82 bits per heavy atom. The molecule has 3 N–H and O–H groups in total. The van der Waals surface area contributed by atoms with Crippen LogP contribution in [0, 0.1) is 5.92 Å². The van der Waals surface area contributed by atoms with Crippen molar-refractivity contribution in [1.29, 1.82) is 0 Å². The van der Waals surface area contributed by atoms with Crippen LogP contribution < -0.4 is 15.4 Å². The van der Waals surface area contributed by atoms with E-state index < -0.39 is 68.7 Å². The summed E-state index contributed by atoms with van der Waals surface area (Å²) in [5.41, 5.74) is 1.85. The summed E-state index contributed by atoms with van der Waals surface area (Å²) < 4.78 is 33.4. The second kappa shape index (κ2) is 14.7. The van der Waals surface area contributed by atoms with E-state index in [1.165, 1.54) is 16.5 Å². The Hall–Kier alpha value is -3.94. The number of unbranched alkanes of at least 4 members (excludes halogenated alkanes) is 1. The first kappa shape index (κ1) is 35.9. The molecule has 272 valence electrons. The molecule has 2 saturated carbocycles. The van der Waals surface area contributed by atoms with Crippen LogP contribution in [0.3, 0.4) is 0 Å². The van der Waals surface area contributed by atoms with Crippen molar-refractivity contribution >= 4 is 39.7 Å². The molecule has 3 heterocycles. The van der Waals surface area contributed by atoms with E-state index in [2.05, 4.69) is 28.0 Å². The molecule has 1 aromatic rings. The number of carbonyl (C=O) groups excluding carboxylic acids is 5. The van der Waals surface area contributed by atoms with Gasteiger partial charge in [-0.3, -0.25) is 28.8 Å². The summed E-state index contributed by atoms with van der Waals surface area (Å²) in [6, 6.07) is 4.09. The first-order valence-corrected chi connectivity index (χ1v) is 19.7. The number of amides is 5. The molecular formula is C36H49N5O8S. The Balaban J connectivity index is 1.25. The van der Waals surface area contributed by atoms with Gasteiger partial charge >= 0.3 is 6.09 Å². The van der Waals surface area contributed by atoms with Gasteiger partial charge in [-0.25, -0.2) is 13.2 Å². The highest BCUT2D eigenvalue weighted by atomic mass is 32.2. The van der Waals surface area contributed by atoms with Crippen LogP contribution in [0.2, 0.25) is 0 Å². The highest BCUT2D eigenvalue weighted by molar-refractivity contribution is 7.91. The molecule has 0 radical (unpaired) electrons. The summed E-state index contributed by atoms with van der Waals surface area (Å²) in [6.07, 6.45) is 7.62. The Morgan fingerprint density at radius 3 is 2.52 bits per heavy atom. The molecule has 0 spiro atoms. The fraction of sp³-hybridized carbons (Fsp3) is 0.639. The number of fused-ring (bicyclic) bond motifs is 3. The number of hydrogen-bond donors (Lipinski definition) is 3. The molecule has 0 aromatic heterocycles. The van der Waals surface area contributed by atoms with Gasteiger partial charge in [0.15, 0.2) is 0 Å². The highest BCUT2D eigenvalue weighted by Gasteiger charge is 2.62. The predicted octanol–water partition coefficient (Wildman–Crippen LogP) is 2.96. The third-order valence-corrected chi connectivity index (χ3v) is 12.6. The second-order valence-electron chi connectivity index (χ2n) is 14.5. The molecule has 5 amide bonds. The minimum absolute atomic E-state index is 0.0272. The molecule has 6 rings (SSSR count). The van der Waals surface area contributed by atoms with Crippen molar-refractivity contribution in [1.82, 2.24) is 25.2 Å². The Kier molecular flexibility index (Phi) is 10.6. The fourth-order valence-electron chi connectivity index (χ4n) is 7.55. The van der Waals surface area contributed by atoms with Crippen molar-refractivity contribution in [2.45, 2.75) is 132 Å². The third-order valence-electron chi connectivity index (χ3n) is 10.8. The Labute approximate surface area is 294 Å². The van der Waals surface area contributed by atoms with Gasteiger partial charge in [0.2, 0.25) is 27.7 Å². The number of nitrogens with zero attached hydrogens (tertiary/aromatic N) is 2. The number of rotatable bonds is 9. The molecule has 50 heavy (non-hydrogen) atoms. The summed E-state index contributed by atoms with van der Waals surface area (Å²) in [5, 5.41) is 5.05. The summed E-state index contributed by atoms with van der Waals surface area (Å²) in [5.74, 6) is -2.71. The van der Waals surface area contributed by atoms with Crippen LogP contribution in [0.5, 0.6) is 0 Å². The van der Waals surface area contributed by atoms with E-state index in [0.29, 0.717) is 45.2 Å². The molecule has 3 aliphatic heterocycles. The SMILES string of the molecule is C=C[C@@H]1C[C@@]1(NC(=O)[C@@H]1C[C@@H]2CN1C(=O)[C@H](CCCC)NC(=O)CCCCCCc1cccc3c1CN(C3)C(=O)O2)C(=O)NS(=O)(=O)C1CC1. The van der Waals surface area contributed by atoms with Crippen LogP contribution in [-0.4, -0.2) is 83.5 Å². The van der Waals surface area contributed by atoms with Gasteiger partial charge in [0.1, 0.15) is 23.7 Å². The lowest BCUT2D eigenvalue weighted by Gasteiger charge is -2.30. The van der Waals surface area contributed by atoms with Crippen molar-refractivity contribution in [3.8, 4) is 0 Å². The minimum atomic E-state index is -3.88. The second-order valence-corrected chi connectivity index (χ2v) is 16.5. The molecule has 14 heteroatoms. The monoisotopic (exact) mass is 711 g/mol. The summed E-state index contributed by atoms with van der Waals surface area (Å²) in [7, 11) is -3.88. The number of carbonyl (C=O) groups is 5. The number of nitrogens with one attached hydrogen (secondary N) is 3. The molecule has 4 bridgehead atoms. The third kappa shape index (κ3) is 7.69. The van der Waals surface area contributed by atoms with E-state index in [9.17, 15) is 32.4 Å². The molecule has 3 fully saturated rings. The lowest BCUT2D eigenvalue weighted by Crippen LogP contribution is -2.58. The lowest BCUT2D eigenvalue weighted by atomic mass is 9.98. The van der Waals surface area contributed by atoms with Crippen molar-refractivity contribution in [3.63, 3.8) is 0 Å². The molecule has 1 saturated heterocycles. The number of aryl methyl sites for hydroxylation is 1. The Bertz CT molecular complexity index is 1640. The average molecular weight is 712 g/mol. The van der Waals surface area contributed by atoms with Crippen LogP contribution >= 0.6 is 0 Å². The van der Waals surface area contributed by atoms with Crippen molar-refractivity contribution < 1.29 is 37.1 Å². The number of benzene rings is 1. The zero-order valence-corrected chi connectivity index (χ0v) is 29.6. The fourth-order valence-corrected chi connectivity index (χ4v) is 8.92. The summed E-state index contributed by atoms with van der Waals surface area (Å²) >= 11 is 0. The van der Waals surface area contributed by atoms with Crippen LogP contribution in [0.1, 0.15) is 101 Å². The molecule has 13 nitrogen and oxygen atoms in total. The zero-order chi connectivity index (χ0) is 35.6. The molecule has 0 unspecified atom stereocenters. The maximum absolute atomic E-state index is 14.2. The molecule has 5 aliphatic rings. The van der Waals surface area contributed by atoms with Crippen LogP contribution in [0.25, 0.3) is 0 Å². The van der Waals surface area contributed by atoms with Crippen LogP contribution in [0.4, 0.5) is 4.79 Å². The van der Waals surface area contributed by atoms with Gasteiger partial charge in [0.25, 0.3) is 5.91 Å². The van der Waals surface area contributed by atoms with Gasteiger partial charge in [0.05, 0.1) is 11.8 Å². The maximum Gasteiger partial charge on any atom is 0.410 e. The molecule has 5 atom stereocenters. The van der Waals surface area contributed by atoms with E-state index in [1.807, 2.05) is 19.1 Å². The van der Waals surface area contributed by atoms with E-state index in [4.69, 9.17) is 4.74 Å². The molecule has 1 aromatic carbocycles. The first-order valence-electron chi connectivity index (χ1n) is 18.1. The van der Waals surface area contributed by atoms with Gasteiger partial charge in [-0.15, -0.1) is 6.58 Å². The van der Waals surface area contributed by atoms with Crippen LogP contribution in [-0.2, 0) is 53.4 Å². The highest BCUT2D eigenvalue weighted by Crippen LogP contribution is 2.45. The van der Waals surface area contributed by atoms with E-state index in [1.54, 1.807) is 4.90 Å². The first-order chi connectivity index (χ1) is 24.0. The average Bonchev–Trinajstić information content (AvgIpc) is 3.98. The molecular weight excluding hydrogens is 662 g/mol. The number of sulfonamides is 1. The summed E-state index contributed by atoms with van der Waals surface area (Å²) in [6.45, 7) is 6.47. The summed E-state index contributed by atoms with van der Waals surface area (Å²) in [4.78, 5) is 71.3.